The number of rotatable bonds is 3. The average Bonchev–Trinajstić information content (AvgIpc) is 2.31. The molecule has 0 radical (unpaired) electrons. The largest absolute Gasteiger partial charge is 0.374 e. The summed E-state index contributed by atoms with van der Waals surface area (Å²) in [7, 11) is 0. The maximum atomic E-state index is 5.73. The van der Waals surface area contributed by atoms with E-state index >= 15 is 0 Å². The molecule has 1 saturated heterocycles. The van der Waals surface area contributed by atoms with Crippen LogP contribution in [0.3, 0.4) is 0 Å². The molecule has 1 fully saturated rings. The Hall–Kier alpha value is -0.620. The Morgan fingerprint density at radius 1 is 1.62 bits per heavy atom. The Labute approximate surface area is 99.9 Å². The van der Waals surface area contributed by atoms with Gasteiger partial charge in [-0.2, -0.15) is 11.8 Å². The van der Waals surface area contributed by atoms with E-state index in [2.05, 4.69) is 16.5 Å². The fourth-order valence-electron chi connectivity index (χ4n) is 1.87. The van der Waals surface area contributed by atoms with E-state index in [-0.39, 0.29) is 12.1 Å². The van der Waals surface area contributed by atoms with Gasteiger partial charge < -0.3 is 4.74 Å². The summed E-state index contributed by atoms with van der Waals surface area (Å²) in [5, 5.41) is 0. The molecule has 1 aliphatic rings. The first-order valence-corrected chi connectivity index (χ1v) is 6.54. The number of pyridine rings is 1. The zero-order valence-electron chi connectivity index (χ0n) is 9.35. The van der Waals surface area contributed by atoms with E-state index in [4.69, 9.17) is 10.6 Å². The zero-order chi connectivity index (χ0) is 11.4. The lowest BCUT2D eigenvalue weighted by Crippen LogP contribution is -2.41. The van der Waals surface area contributed by atoms with E-state index in [1.165, 1.54) is 0 Å². The molecule has 0 aliphatic carbocycles. The summed E-state index contributed by atoms with van der Waals surface area (Å²) in [6, 6.07) is 2.13. The highest BCUT2D eigenvalue weighted by Gasteiger charge is 2.25. The Kier molecular flexibility index (Phi) is 4.17. The summed E-state index contributed by atoms with van der Waals surface area (Å²) in [5.41, 5.74) is 5.07. The minimum absolute atomic E-state index is 0.0280. The van der Waals surface area contributed by atoms with Gasteiger partial charge in [0, 0.05) is 23.9 Å². The first kappa shape index (κ1) is 11.9. The number of hydrogen-bond donors (Lipinski definition) is 2. The third-order valence-electron chi connectivity index (χ3n) is 2.65. The quantitative estimate of drug-likeness (QED) is 0.609. The van der Waals surface area contributed by atoms with E-state index in [0.717, 1.165) is 29.2 Å². The number of ether oxygens (including phenoxy) is 1. The van der Waals surface area contributed by atoms with Crippen LogP contribution in [-0.4, -0.2) is 29.2 Å². The number of nitrogens with two attached hydrogens (primary N) is 1. The lowest BCUT2D eigenvalue weighted by Gasteiger charge is -2.29. The third kappa shape index (κ3) is 2.74. The second-order valence-electron chi connectivity index (χ2n) is 3.92. The van der Waals surface area contributed by atoms with Crippen molar-refractivity contribution in [1.82, 2.24) is 10.4 Å². The summed E-state index contributed by atoms with van der Waals surface area (Å²) in [6.07, 6.45) is 3.82. The molecule has 2 heterocycles. The standard InChI is InChI=1S/C11H17N3OS/c1-8-4-9(6-13-5-8)11(14-12)10-7-16-3-2-15-10/h4-6,10-11,14H,2-3,7,12H2,1H3. The number of thioether (sulfide) groups is 1. The molecule has 4 nitrogen and oxygen atoms in total. The van der Waals surface area contributed by atoms with E-state index in [0.29, 0.717) is 0 Å². The van der Waals surface area contributed by atoms with Gasteiger partial charge in [0.05, 0.1) is 18.8 Å². The van der Waals surface area contributed by atoms with Crippen molar-refractivity contribution in [1.29, 1.82) is 0 Å². The molecule has 0 saturated carbocycles. The number of aryl methyl sites for hydroxylation is 1. The first-order chi connectivity index (χ1) is 7.81. The van der Waals surface area contributed by atoms with Crippen molar-refractivity contribution in [3.63, 3.8) is 0 Å². The molecule has 1 aliphatic heterocycles. The number of hydrogen-bond acceptors (Lipinski definition) is 5. The van der Waals surface area contributed by atoms with Crippen LogP contribution in [0.15, 0.2) is 18.5 Å². The number of nitrogens with one attached hydrogen (secondary N) is 1. The smallest absolute Gasteiger partial charge is 0.0873 e. The minimum atomic E-state index is 0.0280. The van der Waals surface area contributed by atoms with E-state index in [1.807, 2.05) is 31.1 Å². The molecule has 2 atom stereocenters. The molecule has 0 amide bonds. The Bertz CT molecular complexity index is 342. The van der Waals surface area contributed by atoms with Gasteiger partial charge in [0.1, 0.15) is 0 Å². The highest BCUT2D eigenvalue weighted by Crippen LogP contribution is 2.24. The molecule has 5 heteroatoms. The van der Waals surface area contributed by atoms with Gasteiger partial charge in [-0.15, -0.1) is 0 Å². The van der Waals surface area contributed by atoms with Crippen LogP contribution in [0.4, 0.5) is 0 Å². The van der Waals surface area contributed by atoms with Crippen LogP contribution in [0, 0.1) is 6.92 Å². The highest BCUT2D eigenvalue weighted by atomic mass is 32.2. The molecule has 3 N–H and O–H groups in total. The van der Waals surface area contributed by atoms with Crippen molar-refractivity contribution >= 4 is 11.8 Å². The summed E-state index contributed by atoms with van der Waals surface area (Å²) < 4.78 is 5.73. The fraction of sp³-hybridized carbons (Fsp3) is 0.545. The molecule has 2 rings (SSSR count). The van der Waals surface area contributed by atoms with Gasteiger partial charge in [0.25, 0.3) is 0 Å². The molecule has 0 aromatic carbocycles. The monoisotopic (exact) mass is 239 g/mol. The first-order valence-electron chi connectivity index (χ1n) is 5.38. The number of hydrazine groups is 1. The third-order valence-corrected chi connectivity index (χ3v) is 3.67. The van der Waals surface area contributed by atoms with Gasteiger partial charge >= 0.3 is 0 Å². The maximum absolute atomic E-state index is 5.73. The van der Waals surface area contributed by atoms with Crippen molar-refractivity contribution in [2.75, 3.05) is 18.1 Å². The lowest BCUT2D eigenvalue weighted by molar-refractivity contribution is 0.0467. The van der Waals surface area contributed by atoms with Crippen molar-refractivity contribution < 1.29 is 4.74 Å². The van der Waals surface area contributed by atoms with Gasteiger partial charge in [0.15, 0.2) is 0 Å². The zero-order valence-corrected chi connectivity index (χ0v) is 10.2. The second-order valence-corrected chi connectivity index (χ2v) is 5.07. The molecule has 0 spiro atoms. The molecule has 1 aromatic heterocycles. The SMILES string of the molecule is Cc1cncc(C(NN)C2CSCCO2)c1. The van der Waals surface area contributed by atoms with Crippen molar-refractivity contribution in [2.45, 2.75) is 19.1 Å². The Morgan fingerprint density at radius 2 is 2.50 bits per heavy atom. The van der Waals surface area contributed by atoms with Crippen LogP contribution in [0.1, 0.15) is 17.2 Å². The van der Waals surface area contributed by atoms with E-state index in [1.54, 1.807) is 0 Å². The van der Waals surface area contributed by atoms with Crippen LogP contribution in [0.25, 0.3) is 0 Å². The van der Waals surface area contributed by atoms with Gasteiger partial charge in [-0.3, -0.25) is 16.3 Å². The van der Waals surface area contributed by atoms with Crippen molar-refractivity contribution in [3.05, 3.63) is 29.6 Å². The predicted octanol–water partition coefficient (Wildman–Crippen LogP) is 1.03. The Morgan fingerprint density at radius 3 is 3.12 bits per heavy atom. The second kappa shape index (κ2) is 5.63. The molecule has 16 heavy (non-hydrogen) atoms. The van der Waals surface area contributed by atoms with Crippen LogP contribution >= 0.6 is 11.8 Å². The fourth-order valence-corrected chi connectivity index (χ4v) is 2.77. The van der Waals surface area contributed by atoms with Crippen molar-refractivity contribution in [2.24, 2.45) is 5.84 Å². The van der Waals surface area contributed by atoms with Crippen LogP contribution < -0.4 is 11.3 Å². The molecule has 1 aromatic rings. The topological polar surface area (TPSA) is 60.2 Å². The van der Waals surface area contributed by atoms with Gasteiger partial charge in [-0.05, 0) is 18.1 Å². The van der Waals surface area contributed by atoms with Crippen LogP contribution in [0.2, 0.25) is 0 Å². The van der Waals surface area contributed by atoms with Crippen molar-refractivity contribution in [3.8, 4) is 0 Å². The summed E-state index contributed by atoms with van der Waals surface area (Å²) in [6.45, 7) is 2.83. The Balaban J connectivity index is 2.14. The van der Waals surface area contributed by atoms with Gasteiger partial charge in [-0.25, -0.2) is 0 Å². The lowest BCUT2D eigenvalue weighted by atomic mass is 10.0. The maximum Gasteiger partial charge on any atom is 0.0873 e. The number of aromatic nitrogens is 1. The average molecular weight is 239 g/mol. The van der Waals surface area contributed by atoms with Crippen LogP contribution in [0.5, 0.6) is 0 Å². The van der Waals surface area contributed by atoms with Gasteiger partial charge in [-0.1, -0.05) is 6.07 Å². The summed E-state index contributed by atoms with van der Waals surface area (Å²) >= 11 is 1.90. The minimum Gasteiger partial charge on any atom is -0.374 e. The normalized spacial score (nSPS) is 23.0. The molecule has 2 unspecified atom stereocenters. The molecule has 0 bridgehead atoms. The van der Waals surface area contributed by atoms with Gasteiger partial charge in [0.2, 0.25) is 0 Å². The summed E-state index contributed by atoms with van der Waals surface area (Å²) in [5.74, 6) is 7.66. The van der Waals surface area contributed by atoms with E-state index < -0.39 is 0 Å². The van der Waals surface area contributed by atoms with E-state index in [9.17, 15) is 0 Å². The highest BCUT2D eigenvalue weighted by molar-refractivity contribution is 7.99. The molecular formula is C11H17N3OS. The molecular weight excluding hydrogens is 222 g/mol. The van der Waals surface area contributed by atoms with Crippen LogP contribution in [-0.2, 0) is 4.74 Å². The predicted molar refractivity (Wildman–Crippen MR) is 66.1 cm³/mol. The summed E-state index contributed by atoms with van der Waals surface area (Å²) in [4.78, 5) is 4.19. The number of nitrogens with zero attached hydrogens (tertiary/aromatic N) is 1. The molecule has 88 valence electrons.